The summed E-state index contributed by atoms with van der Waals surface area (Å²) in [5.41, 5.74) is 6.00. The third-order valence-corrected chi connectivity index (χ3v) is 2.85. The van der Waals surface area contributed by atoms with Crippen LogP contribution in [0.3, 0.4) is 0 Å². The molecule has 0 saturated heterocycles. The summed E-state index contributed by atoms with van der Waals surface area (Å²) in [5, 5.41) is 14.9. The fourth-order valence-electron chi connectivity index (χ4n) is 1.64. The molecule has 0 atom stereocenters. The molecule has 0 heterocycles. The van der Waals surface area contributed by atoms with E-state index in [9.17, 15) is 14.7 Å². The molecular formula is C14H12ClN3O3. The number of urea groups is 1. The van der Waals surface area contributed by atoms with Gasteiger partial charge in [0.2, 0.25) is 5.91 Å². The number of carbonyl (C=O) groups is 2. The van der Waals surface area contributed by atoms with Crippen molar-refractivity contribution in [2.45, 2.75) is 0 Å². The van der Waals surface area contributed by atoms with Gasteiger partial charge in [0.05, 0.1) is 5.69 Å². The zero-order valence-corrected chi connectivity index (χ0v) is 11.5. The van der Waals surface area contributed by atoms with E-state index in [4.69, 9.17) is 17.3 Å². The lowest BCUT2D eigenvalue weighted by Crippen LogP contribution is -2.20. The Morgan fingerprint density at radius 3 is 2.57 bits per heavy atom. The largest absolute Gasteiger partial charge is 0.506 e. The van der Waals surface area contributed by atoms with Crippen LogP contribution in [0.15, 0.2) is 42.5 Å². The third kappa shape index (κ3) is 3.87. The minimum atomic E-state index is -0.591. The molecule has 0 fully saturated rings. The molecule has 5 N–H and O–H groups in total. The Balaban J connectivity index is 2.10. The van der Waals surface area contributed by atoms with Crippen molar-refractivity contribution < 1.29 is 14.7 Å². The van der Waals surface area contributed by atoms with Crippen molar-refractivity contribution in [3.05, 3.63) is 53.1 Å². The number of nitrogens with one attached hydrogen (secondary N) is 2. The van der Waals surface area contributed by atoms with Gasteiger partial charge in [-0.15, -0.1) is 0 Å². The quantitative estimate of drug-likeness (QED) is 0.655. The fraction of sp³-hybridized carbons (Fsp3) is 0. The predicted octanol–water partition coefficient (Wildman–Crippen LogP) is 2.79. The highest BCUT2D eigenvalue weighted by Crippen LogP contribution is 2.26. The normalized spacial score (nSPS) is 9.95. The van der Waals surface area contributed by atoms with Crippen molar-refractivity contribution in [2.24, 2.45) is 5.73 Å². The smallest absolute Gasteiger partial charge is 0.323 e. The molecule has 0 aliphatic carbocycles. The average molecular weight is 306 g/mol. The van der Waals surface area contributed by atoms with Gasteiger partial charge in [0, 0.05) is 16.3 Å². The van der Waals surface area contributed by atoms with Crippen molar-refractivity contribution in [1.82, 2.24) is 0 Å². The van der Waals surface area contributed by atoms with Gasteiger partial charge in [-0.05, 0) is 36.4 Å². The minimum Gasteiger partial charge on any atom is -0.506 e. The van der Waals surface area contributed by atoms with E-state index in [0.29, 0.717) is 10.7 Å². The topological polar surface area (TPSA) is 104 Å². The number of hydrogen-bond acceptors (Lipinski definition) is 3. The van der Waals surface area contributed by atoms with Crippen LogP contribution in [-0.2, 0) is 0 Å². The van der Waals surface area contributed by atoms with Crippen molar-refractivity contribution in [3.8, 4) is 5.75 Å². The first kappa shape index (κ1) is 14.7. The van der Waals surface area contributed by atoms with Crippen LogP contribution in [0.1, 0.15) is 10.4 Å². The predicted molar refractivity (Wildman–Crippen MR) is 80.7 cm³/mol. The van der Waals surface area contributed by atoms with E-state index in [1.54, 1.807) is 12.1 Å². The summed E-state index contributed by atoms with van der Waals surface area (Å²) < 4.78 is 0. The standard InChI is InChI=1S/C14H12ClN3O3/c15-9-4-5-12(19)11(7-9)18-14(21)17-10-3-1-2-8(6-10)13(16)20/h1-7,19H,(H2,16,20)(H2,17,18,21). The maximum absolute atomic E-state index is 11.8. The Hall–Kier alpha value is -2.73. The van der Waals surface area contributed by atoms with Crippen molar-refractivity contribution >= 4 is 34.9 Å². The molecule has 7 heteroatoms. The molecular weight excluding hydrogens is 294 g/mol. The van der Waals surface area contributed by atoms with Crippen LogP contribution >= 0.6 is 11.6 Å². The molecule has 0 bridgehead atoms. The molecule has 3 amide bonds. The molecule has 2 aromatic carbocycles. The Labute approximate surface area is 125 Å². The molecule has 0 saturated carbocycles. The van der Waals surface area contributed by atoms with E-state index in [1.165, 1.54) is 30.3 Å². The number of phenols is 1. The zero-order valence-electron chi connectivity index (χ0n) is 10.8. The van der Waals surface area contributed by atoms with E-state index in [-0.39, 0.29) is 17.0 Å². The second-order valence-corrected chi connectivity index (χ2v) is 4.62. The number of phenolic OH excluding ortho intramolecular Hbond substituents is 1. The van der Waals surface area contributed by atoms with Crippen molar-refractivity contribution in [1.29, 1.82) is 0 Å². The van der Waals surface area contributed by atoms with Crippen LogP contribution in [-0.4, -0.2) is 17.0 Å². The van der Waals surface area contributed by atoms with E-state index in [1.807, 2.05) is 0 Å². The molecule has 6 nitrogen and oxygen atoms in total. The van der Waals surface area contributed by atoms with Crippen LogP contribution in [0.25, 0.3) is 0 Å². The maximum Gasteiger partial charge on any atom is 0.323 e. The number of nitrogens with two attached hydrogens (primary N) is 1. The van der Waals surface area contributed by atoms with Crippen LogP contribution < -0.4 is 16.4 Å². The average Bonchev–Trinajstić information content (AvgIpc) is 2.43. The summed E-state index contributed by atoms with van der Waals surface area (Å²) in [6.07, 6.45) is 0. The SMILES string of the molecule is NC(=O)c1cccc(NC(=O)Nc2cc(Cl)ccc2O)c1. The van der Waals surface area contributed by atoms with Gasteiger partial charge in [0.25, 0.3) is 0 Å². The number of primary amides is 1. The summed E-state index contributed by atoms with van der Waals surface area (Å²) in [4.78, 5) is 22.9. The van der Waals surface area contributed by atoms with Gasteiger partial charge >= 0.3 is 6.03 Å². The van der Waals surface area contributed by atoms with Crippen LogP contribution in [0.2, 0.25) is 5.02 Å². The molecule has 2 aromatic rings. The fourth-order valence-corrected chi connectivity index (χ4v) is 1.82. The van der Waals surface area contributed by atoms with Gasteiger partial charge < -0.3 is 21.5 Å². The molecule has 0 aliphatic heterocycles. The zero-order chi connectivity index (χ0) is 15.4. The second-order valence-electron chi connectivity index (χ2n) is 4.19. The van der Waals surface area contributed by atoms with Gasteiger partial charge in [-0.1, -0.05) is 17.7 Å². The first-order valence-corrected chi connectivity index (χ1v) is 6.30. The van der Waals surface area contributed by atoms with E-state index in [0.717, 1.165) is 0 Å². The van der Waals surface area contributed by atoms with E-state index in [2.05, 4.69) is 10.6 Å². The third-order valence-electron chi connectivity index (χ3n) is 2.61. The summed E-state index contributed by atoms with van der Waals surface area (Å²) in [6, 6.07) is 9.86. The monoisotopic (exact) mass is 305 g/mol. The Bertz CT molecular complexity index is 704. The number of aromatic hydroxyl groups is 1. The molecule has 108 valence electrons. The lowest BCUT2D eigenvalue weighted by Gasteiger charge is -2.10. The van der Waals surface area contributed by atoms with Gasteiger partial charge in [-0.25, -0.2) is 4.79 Å². The van der Waals surface area contributed by atoms with Crippen LogP contribution in [0.5, 0.6) is 5.75 Å². The Morgan fingerprint density at radius 1 is 1.10 bits per heavy atom. The minimum absolute atomic E-state index is 0.111. The Kier molecular flexibility index (Phi) is 4.30. The highest BCUT2D eigenvalue weighted by atomic mass is 35.5. The lowest BCUT2D eigenvalue weighted by atomic mass is 10.2. The first-order valence-electron chi connectivity index (χ1n) is 5.92. The van der Waals surface area contributed by atoms with Crippen molar-refractivity contribution in [2.75, 3.05) is 10.6 Å². The van der Waals surface area contributed by atoms with Gasteiger partial charge in [-0.2, -0.15) is 0 Å². The number of halogens is 1. The van der Waals surface area contributed by atoms with Gasteiger partial charge in [0.15, 0.2) is 0 Å². The van der Waals surface area contributed by atoms with Crippen LogP contribution in [0, 0.1) is 0 Å². The first-order chi connectivity index (χ1) is 9.95. The van der Waals surface area contributed by atoms with E-state index >= 15 is 0 Å². The lowest BCUT2D eigenvalue weighted by molar-refractivity contribution is 0.100. The van der Waals surface area contributed by atoms with Crippen molar-refractivity contribution in [3.63, 3.8) is 0 Å². The summed E-state index contributed by atoms with van der Waals surface area (Å²) in [6.45, 7) is 0. The van der Waals surface area contributed by atoms with E-state index < -0.39 is 11.9 Å². The molecule has 0 unspecified atom stereocenters. The number of carbonyl (C=O) groups excluding carboxylic acids is 2. The summed E-state index contributed by atoms with van der Waals surface area (Å²) in [7, 11) is 0. The molecule has 0 aliphatic rings. The second kappa shape index (κ2) is 6.15. The van der Waals surface area contributed by atoms with Crippen LogP contribution in [0.4, 0.5) is 16.2 Å². The molecule has 21 heavy (non-hydrogen) atoms. The molecule has 0 radical (unpaired) electrons. The summed E-state index contributed by atoms with van der Waals surface area (Å²) >= 11 is 5.78. The Morgan fingerprint density at radius 2 is 1.86 bits per heavy atom. The van der Waals surface area contributed by atoms with Gasteiger partial charge in [0.1, 0.15) is 5.75 Å². The highest BCUT2D eigenvalue weighted by Gasteiger charge is 2.08. The summed E-state index contributed by atoms with van der Waals surface area (Å²) in [5.74, 6) is -0.702. The molecule has 0 spiro atoms. The number of benzene rings is 2. The number of hydrogen-bond donors (Lipinski definition) is 4. The number of anilines is 2. The maximum atomic E-state index is 11.8. The number of amides is 3. The highest BCUT2D eigenvalue weighted by molar-refractivity contribution is 6.31. The number of rotatable bonds is 3. The molecule has 0 aromatic heterocycles. The van der Waals surface area contributed by atoms with Gasteiger partial charge in [-0.3, -0.25) is 4.79 Å². The molecule has 2 rings (SSSR count).